The molecule has 5 aromatic rings. The van der Waals surface area contributed by atoms with Gasteiger partial charge in [0.2, 0.25) is 23.6 Å². The highest BCUT2D eigenvalue weighted by Gasteiger charge is 2.32. The number of piperidine rings is 1. The minimum atomic E-state index is -0.526. The molecule has 1 unspecified atom stereocenters. The largest absolute Gasteiger partial charge is 0.357 e. The topological polar surface area (TPSA) is 115 Å². The summed E-state index contributed by atoms with van der Waals surface area (Å²) in [6.07, 6.45) is 10.4. The van der Waals surface area contributed by atoms with Gasteiger partial charge in [0.05, 0.1) is 19.4 Å². The van der Waals surface area contributed by atoms with Gasteiger partial charge in [-0.2, -0.15) is 0 Å². The summed E-state index contributed by atoms with van der Waals surface area (Å²) in [6, 6.07) is 33.1. The quantitative estimate of drug-likeness (QED) is 0.112. The average molecular weight is 762 g/mol. The fourth-order valence-corrected chi connectivity index (χ4v) is 8.03. The highest BCUT2D eigenvalue weighted by atomic mass is 16.2. The molecule has 1 aliphatic heterocycles. The number of amides is 4. The Morgan fingerprint density at radius 2 is 1.60 bits per heavy atom. The van der Waals surface area contributed by atoms with Crippen LogP contribution in [-0.4, -0.2) is 64.1 Å². The Morgan fingerprint density at radius 3 is 2.30 bits per heavy atom. The number of allylic oxidation sites excluding steroid dienone is 3. The lowest BCUT2D eigenvalue weighted by molar-refractivity contribution is -0.139. The molecule has 2 heterocycles. The summed E-state index contributed by atoms with van der Waals surface area (Å²) in [4.78, 5) is 60.6. The molecule has 0 spiro atoms. The van der Waals surface area contributed by atoms with Crippen LogP contribution in [0.4, 0.5) is 5.69 Å². The zero-order valence-corrected chi connectivity index (χ0v) is 32.8. The predicted molar refractivity (Wildman–Crippen MR) is 226 cm³/mol. The van der Waals surface area contributed by atoms with Crippen LogP contribution < -0.4 is 10.6 Å². The van der Waals surface area contributed by atoms with Gasteiger partial charge in [-0.05, 0) is 80.0 Å². The van der Waals surface area contributed by atoms with Crippen LogP contribution in [0, 0.1) is 6.92 Å². The number of nitrogens with zero attached hydrogens (tertiary/aromatic N) is 2. The van der Waals surface area contributed by atoms with Gasteiger partial charge in [0.1, 0.15) is 6.04 Å². The number of rotatable bonds is 13. The highest BCUT2D eigenvalue weighted by Crippen LogP contribution is 2.40. The second-order valence-electron chi connectivity index (χ2n) is 15.2. The Balaban J connectivity index is 1.07. The van der Waals surface area contributed by atoms with E-state index < -0.39 is 6.04 Å². The Kier molecular flexibility index (Phi) is 12.4. The number of fused-ring (bicyclic) bond motifs is 1. The van der Waals surface area contributed by atoms with E-state index in [0.29, 0.717) is 37.3 Å². The third kappa shape index (κ3) is 9.60. The average Bonchev–Trinajstić information content (AvgIpc) is 3.60. The van der Waals surface area contributed by atoms with Gasteiger partial charge in [0, 0.05) is 52.6 Å². The summed E-state index contributed by atoms with van der Waals surface area (Å²) >= 11 is 0. The smallest absolute Gasteiger partial charge is 0.247 e. The molecule has 1 fully saturated rings. The summed E-state index contributed by atoms with van der Waals surface area (Å²) in [7, 11) is 0. The number of hydrogen-bond acceptors (Lipinski definition) is 4. The van der Waals surface area contributed by atoms with Gasteiger partial charge in [-0.1, -0.05) is 110 Å². The van der Waals surface area contributed by atoms with Crippen molar-refractivity contribution < 1.29 is 19.2 Å². The Bertz CT molecular complexity index is 2290. The van der Waals surface area contributed by atoms with Crippen LogP contribution in [0.5, 0.6) is 0 Å². The van der Waals surface area contributed by atoms with E-state index in [1.165, 1.54) is 0 Å². The molecule has 292 valence electrons. The number of aromatic nitrogens is 1. The fraction of sp³-hybridized carbons (Fsp3) is 0.292. The fourth-order valence-electron chi connectivity index (χ4n) is 8.03. The molecule has 7 rings (SSSR count). The maximum absolute atomic E-state index is 13.9. The van der Waals surface area contributed by atoms with Crippen LogP contribution in [0.1, 0.15) is 67.3 Å². The summed E-state index contributed by atoms with van der Waals surface area (Å²) in [5.41, 5.74) is 8.51. The van der Waals surface area contributed by atoms with E-state index in [9.17, 15) is 19.2 Å². The zero-order chi connectivity index (χ0) is 39.7. The lowest BCUT2D eigenvalue weighted by atomic mass is 9.90. The molecule has 1 aromatic heterocycles. The Morgan fingerprint density at radius 1 is 0.842 bits per heavy atom. The van der Waals surface area contributed by atoms with Crippen molar-refractivity contribution >= 4 is 40.2 Å². The van der Waals surface area contributed by atoms with E-state index in [2.05, 4.69) is 52.9 Å². The second-order valence-corrected chi connectivity index (χ2v) is 15.2. The van der Waals surface area contributed by atoms with Crippen LogP contribution in [0.25, 0.3) is 22.0 Å². The highest BCUT2D eigenvalue weighted by molar-refractivity contribution is 6.03. The predicted octanol–water partition coefficient (Wildman–Crippen LogP) is 8.23. The molecule has 0 radical (unpaired) electrons. The number of benzene rings is 4. The number of H-pyrrole nitrogens is 1. The van der Waals surface area contributed by atoms with Gasteiger partial charge < -0.3 is 25.4 Å². The number of likely N-dealkylation sites (tertiary alicyclic amines) is 1. The van der Waals surface area contributed by atoms with E-state index in [1.807, 2.05) is 97.9 Å². The van der Waals surface area contributed by atoms with E-state index in [0.717, 1.165) is 63.7 Å². The Labute approximate surface area is 334 Å². The van der Waals surface area contributed by atoms with E-state index in [1.54, 1.807) is 9.80 Å². The molecule has 9 heteroatoms. The van der Waals surface area contributed by atoms with Crippen LogP contribution in [0.2, 0.25) is 0 Å². The van der Waals surface area contributed by atoms with Crippen LogP contribution in [-0.2, 0) is 32.0 Å². The van der Waals surface area contributed by atoms with Crippen LogP contribution in [0.15, 0.2) is 127 Å². The first-order valence-electron chi connectivity index (χ1n) is 20.1. The number of aromatic amines is 1. The number of carbonyl (C=O) groups is 4. The number of aryl methyl sites for hydroxylation is 1. The van der Waals surface area contributed by atoms with Gasteiger partial charge in [0.15, 0.2) is 0 Å². The SMILES string of the molecule is CCCN(CC(=O)NC1=CCC(c2[nH]c3ccc(NC(=O)[C@@H]4CCCCN4C(=O)Cc4ccccc4)cc3c2-c2cccc(C)c2)C=C1)C(=O)Cc1ccccc1. The molecule has 1 saturated heterocycles. The monoisotopic (exact) mass is 761 g/mol. The molecule has 4 amide bonds. The lowest BCUT2D eigenvalue weighted by Gasteiger charge is -2.35. The third-order valence-corrected chi connectivity index (χ3v) is 10.9. The molecule has 57 heavy (non-hydrogen) atoms. The molecule has 2 atom stereocenters. The van der Waals surface area contributed by atoms with Crippen molar-refractivity contribution in [2.24, 2.45) is 0 Å². The van der Waals surface area contributed by atoms with Crippen molar-refractivity contribution in [1.82, 2.24) is 20.1 Å². The summed E-state index contributed by atoms with van der Waals surface area (Å²) < 4.78 is 0. The van der Waals surface area contributed by atoms with Crippen molar-refractivity contribution in [2.75, 3.05) is 25.0 Å². The first-order chi connectivity index (χ1) is 27.7. The maximum atomic E-state index is 13.9. The third-order valence-electron chi connectivity index (χ3n) is 10.9. The van der Waals surface area contributed by atoms with E-state index >= 15 is 0 Å². The molecule has 9 nitrogen and oxygen atoms in total. The molecule has 0 saturated carbocycles. The standard InChI is InChI=1S/C48H51N5O4/c1-3-26-52(44(55)29-34-14-6-4-7-15-34)32-43(54)49-38-22-20-36(21-23-38)47-46(37-18-12-13-33(2)28-37)40-31-39(24-25-41(40)51-47)50-48(57)42-19-10-11-27-53(42)45(56)30-35-16-8-5-9-17-35/h4-9,12-18,20,22-25,28,31,36,42,51H,3,10-11,19,21,26-27,29-30,32H2,1-2H3,(H,49,54)(H,50,57)/t36?,42-/m0/s1. The van der Waals surface area contributed by atoms with Gasteiger partial charge in [-0.25, -0.2) is 0 Å². The molecule has 4 aromatic carbocycles. The number of anilines is 1. The first kappa shape index (κ1) is 39.0. The van der Waals surface area contributed by atoms with Crippen molar-refractivity contribution in [3.63, 3.8) is 0 Å². The zero-order valence-electron chi connectivity index (χ0n) is 32.8. The second kappa shape index (κ2) is 18.2. The van der Waals surface area contributed by atoms with Crippen molar-refractivity contribution in [2.45, 2.75) is 70.8 Å². The van der Waals surface area contributed by atoms with E-state index in [-0.39, 0.29) is 48.9 Å². The van der Waals surface area contributed by atoms with E-state index in [4.69, 9.17) is 0 Å². The molecule has 3 N–H and O–H groups in total. The first-order valence-corrected chi connectivity index (χ1v) is 20.1. The van der Waals surface area contributed by atoms with Crippen molar-refractivity contribution in [3.8, 4) is 11.1 Å². The summed E-state index contributed by atoms with van der Waals surface area (Å²) in [5.74, 6) is -0.491. The van der Waals surface area contributed by atoms with Crippen molar-refractivity contribution in [3.05, 3.63) is 149 Å². The van der Waals surface area contributed by atoms with Gasteiger partial charge in [0.25, 0.3) is 0 Å². The normalized spacial score (nSPS) is 16.5. The summed E-state index contributed by atoms with van der Waals surface area (Å²) in [6.45, 7) is 5.16. The minimum Gasteiger partial charge on any atom is -0.357 e. The lowest BCUT2D eigenvalue weighted by Crippen LogP contribution is -2.50. The van der Waals surface area contributed by atoms with Gasteiger partial charge >= 0.3 is 0 Å². The molecular formula is C48H51N5O4. The van der Waals surface area contributed by atoms with Gasteiger partial charge in [-0.15, -0.1) is 0 Å². The number of nitrogens with one attached hydrogen (secondary N) is 3. The molecule has 1 aliphatic carbocycles. The number of hydrogen-bond donors (Lipinski definition) is 3. The molecule has 2 aliphatic rings. The van der Waals surface area contributed by atoms with Gasteiger partial charge in [-0.3, -0.25) is 19.2 Å². The van der Waals surface area contributed by atoms with Crippen molar-refractivity contribution in [1.29, 1.82) is 0 Å². The maximum Gasteiger partial charge on any atom is 0.247 e. The van der Waals surface area contributed by atoms with Crippen LogP contribution >= 0.6 is 0 Å². The number of carbonyl (C=O) groups excluding carboxylic acids is 4. The summed E-state index contributed by atoms with van der Waals surface area (Å²) in [5, 5.41) is 7.17. The Hall–Kier alpha value is -6.22. The molecular weight excluding hydrogens is 711 g/mol. The minimum absolute atomic E-state index is 0.00192. The molecule has 0 bridgehead atoms. The van der Waals surface area contributed by atoms with Crippen LogP contribution in [0.3, 0.4) is 0 Å².